The van der Waals surface area contributed by atoms with Gasteiger partial charge >= 0.3 is 0 Å². The van der Waals surface area contributed by atoms with E-state index in [1.165, 1.54) is 17.2 Å². The molecule has 766 valence electrons. The Kier molecular flexibility index (Phi) is 33.0. The van der Waals surface area contributed by atoms with Crippen LogP contribution in [0.15, 0.2) is 175 Å². The van der Waals surface area contributed by atoms with E-state index in [9.17, 15) is 53.3 Å². The number of hydrogen-bond donors (Lipinski definition) is 7. The molecule has 0 bridgehead atoms. The molecule has 0 spiro atoms. The molecule has 9 aliphatic carbocycles. The van der Waals surface area contributed by atoms with E-state index < -0.39 is 109 Å². The molecule has 26 heteroatoms. The van der Waals surface area contributed by atoms with Gasteiger partial charge in [-0.1, -0.05) is 219 Å². The molecule has 5 aromatic carbocycles. The average Bonchev–Trinajstić information content (AvgIpc) is 1.49. The van der Waals surface area contributed by atoms with Crippen LogP contribution in [0.4, 0.5) is 17.6 Å². The summed E-state index contributed by atoms with van der Waals surface area (Å²) in [6, 6.07) is 50.7. The molecule has 0 amide bonds. The number of rotatable bonds is 17. The zero-order valence-electron chi connectivity index (χ0n) is 84.8. The van der Waals surface area contributed by atoms with E-state index in [0.29, 0.717) is 89.3 Å². The monoisotopic (exact) mass is 1950 g/mol. The molecule has 7 N–H and O–H groups in total. The summed E-state index contributed by atoms with van der Waals surface area (Å²) in [6.45, 7) is 42.0. The van der Waals surface area contributed by atoms with Crippen LogP contribution in [0.2, 0.25) is 18.1 Å². The molecule has 17 aliphatic rings. The van der Waals surface area contributed by atoms with Crippen LogP contribution in [0.5, 0.6) is 0 Å². The number of fused-ring (bicyclic) bond motifs is 10. The van der Waals surface area contributed by atoms with Crippen LogP contribution in [0.3, 0.4) is 0 Å². The lowest BCUT2D eigenvalue weighted by Crippen LogP contribution is -2.52. The van der Waals surface area contributed by atoms with Crippen molar-refractivity contribution in [2.45, 2.75) is 456 Å². The quantitative estimate of drug-likeness (QED) is 0.0259. The highest BCUT2D eigenvalue weighted by molar-refractivity contribution is 6.74. The minimum absolute atomic E-state index is 0.00606. The van der Waals surface area contributed by atoms with E-state index in [0.717, 1.165) is 60.8 Å². The maximum absolute atomic E-state index is 14.6. The predicted octanol–water partition coefficient (Wildman–Crippen LogP) is 18.6. The van der Waals surface area contributed by atoms with Crippen molar-refractivity contribution in [3.63, 3.8) is 0 Å². The van der Waals surface area contributed by atoms with Crippen LogP contribution in [-0.2, 0) is 99.0 Å². The van der Waals surface area contributed by atoms with Gasteiger partial charge in [0.1, 0.15) is 76.0 Å². The summed E-state index contributed by atoms with van der Waals surface area (Å²) >= 11 is 0. The second kappa shape index (κ2) is 42.6. The third-order valence-corrected chi connectivity index (χ3v) is 38.0. The van der Waals surface area contributed by atoms with Crippen molar-refractivity contribution in [1.29, 1.82) is 0 Å². The molecule has 15 fully saturated rings. The second-order valence-electron chi connectivity index (χ2n) is 45.8. The van der Waals surface area contributed by atoms with E-state index in [2.05, 4.69) is 169 Å². The first-order valence-electron chi connectivity index (χ1n) is 51.3. The van der Waals surface area contributed by atoms with E-state index in [1.54, 1.807) is 13.8 Å². The highest BCUT2D eigenvalue weighted by Gasteiger charge is 2.82. The molecule has 8 heterocycles. The minimum Gasteiger partial charge on any atom is -0.408 e. The number of alkyl halides is 4. The first kappa shape index (κ1) is 107. The highest BCUT2D eigenvalue weighted by atomic mass is 28.4. The van der Waals surface area contributed by atoms with Crippen molar-refractivity contribution in [3.05, 3.63) is 203 Å². The SMILES string of the molecule is CC1=CC(F)[C@]2(O)C[C@H](C)O[C@H]12.C[C@@H]1C(O)C[C@]2(OCc3ccccc3)C[C@H](C)O[C@H]12.C[C@@H]1C=C[C@]2(OCc3ccccc3)C[C@H](C)O[C@H]12.C[C@@H]1CC(F)[C@]2(OCc3ccccc3)C[C@H](C)O[C@H]12.C[C@@H]1CC(O)[C@]2(OCc3ccccc3)C[C@H](C)O[C@H]12.C[C@@H]1CC(O)[C@]2(OCc3ccccc3)C[C@H](C)O[C@H]12.C[C@H]1C[C@@]2(O)C(F)C[C@@H](O)[C@H]2O1.C[C@H]1C[C@@]2(O)C(F)[C@@H]3C[C@]3(O[Si](C)(C)C(C)(C)C)[C@H]2O1. The summed E-state index contributed by atoms with van der Waals surface area (Å²) in [5.41, 5.74) is -0.266. The number of ether oxygens (including phenoxy) is 13. The molecule has 138 heavy (non-hydrogen) atoms. The summed E-state index contributed by atoms with van der Waals surface area (Å²) in [7, 11) is -2.00. The van der Waals surface area contributed by atoms with Gasteiger partial charge in [0.2, 0.25) is 0 Å². The smallest absolute Gasteiger partial charge is 0.192 e. The maximum atomic E-state index is 14.6. The molecule has 0 radical (unpaired) electrons. The molecule has 5 aromatic rings. The fourth-order valence-electron chi connectivity index (χ4n) is 25.8. The Hall–Kier alpha value is -5.32. The summed E-state index contributed by atoms with van der Waals surface area (Å²) in [5.74, 6) is 1.37. The maximum Gasteiger partial charge on any atom is 0.192 e. The topological polar surface area (TPSA) is 271 Å². The first-order chi connectivity index (χ1) is 65.2. The van der Waals surface area contributed by atoms with Crippen LogP contribution in [0.25, 0.3) is 0 Å². The molecule has 7 saturated carbocycles. The second-order valence-corrected chi connectivity index (χ2v) is 50.5. The van der Waals surface area contributed by atoms with Crippen molar-refractivity contribution >= 4 is 8.32 Å². The number of benzene rings is 5. The lowest BCUT2D eigenvalue weighted by Gasteiger charge is -2.41. The van der Waals surface area contributed by atoms with Crippen LogP contribution >= 0.6 is 0 Å². The van der Waals surface area contributed by atoms with Gasteiger partial charge in [0.05, 0.1) is 148 Å². The van der Waals surface area contributed by atoms with Gasteiger partial charge in [0.15, 0.2) is 14.5 Å². The molecular weight excluding hydrogens is 1790 g/mol. The van der Waals surface area contributed by atoms with Crippen molar-refractivity contribution < 1.29 is 119 Å². The molecular formula is C112H160F4O21Si. The third kappa shape index (κ3) is 21.8. The Morgan fingerprint density at radius 1 is 0.377 bits per heavy atom. The van der Waals surface area contributed by atoms with Crippen LogP contribution < -0.4 is 0 Å². The van der Waals surface area contributed by atoms with E-state index in [-0.39, 0.29) is 132 Å². The van der Waals surface area contributed by atoms with Crippen molar-refractivity contribution in [3.8, 4) is 0 Å². The predicted molar refractivity (Wildman–Crippen MR) is 521 cm³/mol. The summed E-state index contributed by atoms with van der Waals surface area (Å²) < 4.78 is 139. The fourth-order valence-corrected chi connectivity index (χ4v) is 27.4. The Morgan fingerprint density at radius 3 is 1.24 bits per heavy atom. The largest absolute Gasteiger partial charge is 0.408 e. The third-order valence-electron chi connectivity index (χ3n) is 33.5. The van der Waals surface area contributed by atoms with Crippen LogP contribution in [0.1, 0.15) is 235 Å². The van der Waals surface area contributed by atoms with Crippen molar-refractivity contribution in [2.75, 3.05) is 0 Å². The van der Waals surface area contributed by atoms with Crippen LogP contribution in [-0.4, -0.2) is 241 Å². The molecule has 21 nitrogen and oxygen atoms in total. The molecule has 39 atom stereocenters. The summed E-state index contributed by atoms with van der Waals surface area (Å²) in [4.78, 5) is 0. The van der Waals surface area contributed by atoms with Crippen LogP contribution in [0, 0.1) is 35.5 Å². The van der Waals surface area contributed by atoms with Gasteiger partial charge in [-0.15, -0.1) is 0 Å². The van der Waals surface area contributed by atoms with Gasteiger partial charge in [0, 0.05) is 82.0 Å². The minimum atomic E-state index is -2.00. The normalized spacial score (nSPS) is 44.8. The molecule has 8 aliphatic heterocycles. The molecule has 7 unspecified atom stereocenters. The Labute approximate surface area is 817 Å². The van der Waals surface area contributed by atoms with Gasteiger partial charge in [-0.2, -0.15) is 0 Å². The number of halogens is 4. The Bertz CT molecular complexity index is 4610. The first-order valence-corrected chi connectivity index (χ1v) is 54.2. The van der Waals surface area contributed by atoms with Gasteiger partial charge in [-0.05, 0) is 163 Å². The van der Waals surface area contributed by atoms with Crippen molar-refractivity contribution in [1.82, 2.24) is 0 Å². The van der Waals surface area contributed by atoms with E-state index in [4.69, 9.17) is 66.0 Å². The molecule has 8 saturated heterocycles. The highest BCUT2D eigenvalue weighted by Crippen LogP contribution is 2.69. The summed E-state index contributed by atoms with van der Waals surface area (Å²) in [5, 5.41) is 70.7. The van der Waals surface area contributed by atoms with Gasteiger partial charge < -0.3 is 102 Å². The van der Waals surface area contributed by atoms with Gasteiger partial charge in [0.25, 0.3) is 0 Å². The van der Waals surface area contributed by atoms with Gasteiger partial charge in [-0.25, -0.2) is 17.6 Å². The number of aliphatic hydroxyl groups excluding tert-OH is 4. The molecule has 22 rings (SSSR count). The fraction of sp³-hybridized carbons (Fsp3) is 0.696. The number of aliphatic hydroxyl groups is 7. The van der Waals surface area contributed by atoms with E-state index >= 15 is 0 Å². The molecule has 0 aromatic heterocycles. The number of hydrogen-bond acceptors (Lipinski definition) is 21. The Balaban J connectivity index is 0.000000120. The Morgan fingerprint density at radius 2 is 0.761 bits per heavy atom. The van der Waals surface area contributed by atoms with E-state index in [1.807, 2.05) is 112 Å². The zero-order chi connectivity index (χ0) is 99.4. The lowest BCUT2D eigenvalue weighted by molar-refractivity contribution is -0.137. The summed E-state index contributed by atoms with van der Waals surface area (Å²) in [6.07, 6.45) is 6.99. The van der Waals surface area contributed by atoms with Gasteiger partial charge in [-0.3, -0.25) is 0 Å². The average molecular weight is 1950 g/mol. The van der Waals surface area contributed by atoms with Crippen molar-refractivity contribution in [2.24, 2.45) is 35.5 Å². The standard InChI is InChI=1S/C16H21FO2.3C16H22O3.C16H20O2.C15H27FO3Si.C9H13FO2.C8H13FO3/c1-11-8-14(17)16(9-12(2)19-15(11)16)18-10-13-6-4-3-5-7-13;1-11-8-16(9-14(17)12(2)15(16)19-11)18-10-13-6-4-3-5-7-13;2*1-11-8-14(17)16(9-12(2)19-15(11)16)18-10-13-6-4-3-5-7-13;1-12-8-9-16(10-13(2)18-15(12)16)17-11-14-6-4-3-5-7-14;1-9-7-14(17)11(16)10-8-15(10,12(14)18-9)19-20(5,6)13(2,3)4;1-5-3-7(10)9(11)4-6(2)12-8(5)9;1-4-3-8(11)6(9)2-5(10)7(8)12-4/h3-7,11-12,14-15H,8-10H2,1-2H3;3*3-7,11-12,14-15,17H,8-10H2,1-2H3;3-9,12-13,15H,10-11H2,1-2H3;9-12,17H,7-8H2,1-6H3;3,6-8,11H,4H2,1-2H3;4-7,10-11H,2-3H2,1H3/t11-,12+,14?,15-,16-;11-,12+,14?,15+,16+;2*11-,12+,14?,15-,16-;12-,13+,15-,16+;9-,10-,11?,12-,14+,15+;6-,7?,8+,9+;4-,5+,6?,7+,8+/m10111000/s1. The zero-order valence-corrected chi connectivity index (χ0v) is 85.8. The lowest BCUT2D eigenvalue weighted by atomic mass is 9.90.